The van der Waals surface area contributed by atoms with E-state index >= 15 is 0 Å². The Morgan fingerprint density at radius 2 is 1.71 bits per heavy atom. The average molecular weight is 220 g/mol. The molecule has 2 heteroatoms. The normalized spacial score (nSPS) is 13.1. The van der Waals surface area contributed by atoms with Crippen LogP contribution in [0.15, 0.2) is 0 Å². The van der Waals surface area contributed by atoms with Crippen molar-refractivity contribution < 1.29 is 0 Å². The second-order valence-corrected chi connectivity index (χ2v) is 4.58. The molecule has 0 aliphatic carbocycles. The van der Waals surface area contributed by atoms with Gasteiger partial charge in [0.2, 0.25) is 0 Å². The monoisotopic (exact) mass is 219 g/mol. The summed E-state index contributed by atoms with van der Waals surface area (Å²) in [6.07, 6.45) is 8.99. The van der Waals surface area contributed by atoms with Gasteiger partial charge < -0.3 is 5.32 Å². The van der Waals surface area contributed by atoms with E-state index < -0.39 is 0 Å². The van der Waals surface area contributed by atoms with E-state index in [4.69, 9.17) is 11.6 Å². The lowest BCUT2D eigenvalue weighted by molar-refractivity contribution is 0.566. The molecule has 0 aliphatic heterocycles. The van der Waals surface area contributed by atoms with E-state index in [0.717, 1.165) is 25.9 Å². The van der Waals surface area contributed by atoms with Crippen LogP contribution in [-0.2, 0) is 0 Å². The maximum absolute atomic E-state index is 6.01. The predicted molar refractivity (Wildman–Crippen MR) is 66.2 cm³/mol. The Hall–Kier alpha value is 0.250. The largest absolute Gasteiger partial charge is 0.317 e. The molecule has 0 saturated heterocycles. The van der Waals surface area contributed by atoms with Gasteiger partial charge in [0, 0.05) is 5.38 Å². The summed E-state index contributed by atoms with van der Waals surface area (Å²) in [5, 5.41) is 3.81. The fraction of sp³-hybridized carbons (Fsp3) is 1.00. The summed E-state index contributed by atoms with van der Waals surface area (Å²) in [6, 6.07) is 0. The smallest absolute Gasteiger partial charge is 0.0345 e. The van der Waals surface area contributed by atoms with Crippen LogP contribution in [0.3, 0.4) is 0 Å². The van der Waals surface area contributed by atoms with Crippen molar-refractivity contribution in [2.45, 2.75) is 64.2 Å². The van der Waals surface area contributed by atoms with E-state index in [1.165, 1.54) is 32.1 Å². The lowest BCUT2D eigenvalue weighted by Crippen LogP contribution is -2.19. The summed E-state index contributed by atoms with van der Waals surface area (Å²) in [7, 11) is 0. The lowest BCUT2D eigenvalue weighted by Gasteiger charge is -2.07. The zero-order valence-electron chi connectivity index (χ0n) is 9.82. The van der Waals surface area contributed by atoms with Crippen LogP contribution in [-0.4, -0.2) is 18.5 Å². The van der Waals surface area contributed by atoms with Crippen molar-refractivity contribution in [3.05, 3.63) is 0 Å². The Kier molecular flexibility index (Phi) is 11.5. The Balaban J connectivity index is 2.92. The molecular weight excluding hydrogens is 194 g/mol. The fourth-order valence-electron chi connectivity index (χ4n) is 1.44. The van der Waals surface area contributed by atoms with Crippen LogP contribution in [0.1, 0.15) is 58.8 Å². The van der Waals surface area contributed by atoms with Gasteiger partial charge in [-0.2, -0.15) is 0 Å². The molecule has 0 amide bonds. The van der Waals surface area contributed by atoms with E-state index in [9.17, 15) is 0 Å². The van der Waals surface area contributed by atoms with Crippen molar-refractivity contribution >= 4 is 11.6 Å². The first kappa shape index (κ1) is 14.2. The first-order valence-corrected chi connectivity index (χ1v) is 6.59. The molecule has 0 spiro atoms. The Bertz CT molecular complexity index is 106. The van der Waals surface area contributed by atoms with Gasteiger partial charge in [-0.05, 0) is 32.4 Å². The SMILES string of the molecule is CCCCCCCNCCC(Cl)CC. The molecule has 0 aliphatic rings. The molecule has 1 atom stereocenters. The number of unbranched alkanes of at least 4 members (excludes halogenated alkanes) is 4. The predicted octanol–water partition coefficient (Wildman–Crippen LogP) is 3.95. The Labute approximate surface area is 94.6 Å². The highest BCUT2D eigenvalue weighted by Gasteiger charge is 1.99. The van der Waals surface area contributed by atoms with E-state index in [0.29, 0.717) is 5.38 Å². The second-order valence-electron chi connectivity index (χ2n) is 3.96. The Morgan fingerprint density at radius 3 is 2.36 bits per heavy atom. The minimum Gasteiger partial charge on any atom is -0.317 e. The molecule has 0 fully saturated rings. The maximum atomic E-state index is 6.01. The molecule has 0 saturated carbocycles. The van der Waals surface area contributed by atoms with Gasteiger partial charge >= 0.3 is 0 Å². The van der Waals surface area contributed by atoms with Crippen molar-refractivity contribution in [3.63, 3.8) is 0 Å². The van der Waals surface area contributed by atoms with Crippen molar-refractivity contribution in [2.75, 3.05) is 13.1 Å². The topological polar surface area (TPSA) is 12.0 Å². The first-order chi connectivity index (χ1) is 6.81. The van der Waals surface area contributed by atoms with Crippen molar-refractivity contribution in [1.29, 1.82) is 0 Å². The highest BCUT2D eigenvalue weighted by Crippen LogP contribution is 2.05. The van der Waals surface area contributed by atoms with Crippen LogP contribution in [0.25, 0.3) is 0 Å². The van der Waals surface area contributed by atoms with Gasteiger partial charge in [-0.15, -0.1) is 11.6 Å². The number of hydrogen-bond acceptors (Lipinski definition) is 1. The fourth-order valence-corrected chi connectivity index (χ4v) is 1.55. The quantitative estimate of drug-likeness (QED) is 0.433. The van der Waals surface area contributed by atoms with Crippen LogP contribution in [0.4, 0.5) is 0 Å². The summed E-state index contributed by atoms with van der Waals surface area (Å²) in [6.45, 7) is 6.64. The van der Waals surface area contributed by atoms with E-state index in [1.807, 2.05) is 0 Å². The third kappa shape index (κ3) is 10.3. The van der Waals surface area contributed by atoms with Gasteiger partial charge in [-0.25, -0.2) is 0 Å². The minimum absolute atomic E-state index is 0.364. The van der Waals surface area contributed by atoms with E-state index in [2.05, 4.69) is 19.2 Å². The number of nitrogens with one attached hydrogen (secondary N) is 1. The standard InChI is InChI=1S/C12H26ClN/c1-3-5-6-7-8-10-14-11-9-12(13)4-2/h12,14H,3-11H2,1-2H3. The third-order valence-corrected chi connectivity index (χ3v) is 3.06. The molecule has 0 aromatic heterocycles. The van der Waals surface area contributed by atoms with Gasteiger partial charge in [0.05, 0.1) is 0 Å². The number of alkyl halides is 1. The molecule has 1 unspecified atom stereocenters. The number of rotatable bonds is 10. The second kappa shape index (κ2) is 11.3. The molecule has 0 rings (SSSR count). The molecule has 0 bridgehead atoms. The third-order valence-electron chi connectivity index (χ3n) is 2.53. The lowest BCUT2D eigenvalue weighted by atomic mass is 10.1. The minimum atomic E-state index is 0.364. The van der Waals surface area contributed by atoms with Crippen LogP contribution in [0, 0.1) is 0 Å². The van der Waals surface area contributed by atoms with Crippen molar-refractivity contribution in [3.8, 4) is 0 Å². The van der Waals surface area contributed by atoms with Gasteiger partial charge in [-0.1, -0.05) is 39.5 Å². The molecule has 0 heterocycles. The van der Waals surface area contributed by atoms with Crippen molar-refractivity contribution in [2.24, 2.45) is 0 Å². The van der Waals surface area contributed by atoms with Crippen LogP contribution >= 0.6 is 11.6 Å². The molecular formula is C12H26ClN. The maximum Gasteiger partial charge on any atom is 0.0345 e. The summed E-state index contributed by atoms with van der Waals surface area (Å²) in [5.74, 6) is 0. The van der Waals surface area contributed by atoms with Gasteiger partial charge in [0.1, 0.15) is 0 Å². The van der Waals surface area contributed by atoms with Crippen molar-refractivity contribution in [1.82, 2.24) is 5.32 Å². The van der Waals surface area contributed by atoms with Crippen LogP contribution in [0.2, 0.25) is 0 Å². The highest BCUT2D eigenvalue weighted by atomic mass is 35.5. The summed E-state index contributed by atoms with van der Waals surface area (Å²) in [4.78, 5) is 0. The summed E-state index contributed by atoms with van der Waals surface area (Å²) < 4.78 is 0. The molecule has 86 valence electrons. The molecule has 14 heavy (non-hydrogen) atoms. The van der Waals surface area contributed by atoms with Gasteiger partial charge in [0.15, 0.2) is 0 Å². The van der Waals surface area contributed by atoms with E-state index in [-0.39, 0.29) is 0 Å². The molecule has 0 aromatic carbocycles. The zero-order chi connectivity index (χ0) is 10.6. The van der Waals surface area contributed by atoms with Gasteiger partial charge in [0.25, 0.3) is 0 Å². The number of halogens is 1. The van der Waals surface area contributed by atoms with Crippen LogP contribution in [0.5, 0.6) is 0 Å². The highest BCUT2D eigenvalue weighted by molar-refractivity contribution is 6.20. The Morgan fingerprint density at radius 1 is 1.00 bits per heavy atom. The average Bonchev–Trinajstić information content (AvgIpc) is 2.21. The summed E-state index contributed by atoms with van der Waals surface area (Å²) in [5.41, 5.74) is 0. The number of hydrogen-bond donors (Lipinski definition) is 1. The van der Waals surface area contributed by atoms with Gasteiger partial charge in [-0.3, -0.25) is 0 Å². The first-order valence-electron chi connectivity index (χ1n) is 6.16. The van der Waals surface area contributed by atoms with Crippen LogP contribution < -0.4 is 5.32 Å². The molecule has 0 aromatic rings. The molecule has 1 nitrogen and oxygen atoms in total. The van der Waals surface area contributed by atoms with E-state index in [1.54, 1.807) is 0 Å². The zero-order valence-corrected chi connectivity index (χ0v) is 10.6. The summed E-state index contributed by atoms with van der Waals surface area (Å²) >= 11 is 6.01. The molecule has 0 radical (unpaired) electrons. The molecule has 1 N–H and O–H groups in total.